The molecular weight excluding hydrogens is 154 g/mol. The third-order valence-electron chi connectivity index (χ3n) is 1.26. The molecule has 0 radical (unpaired) electrons. The number of rotatable bonds is 0. The molecule has 1 heterocycles. The summed E-state index contributed by atoms with van der Waals surface area (Å²) >= 11 is 5.48. The molecular formula is C6H6ClNO2. The van der Waals surface area contributed by atoms with E-state index >= 15 is 0 Å². The van der Waals surface area contributed by atoms with Gasteiger partial charge in [0.2, 0.25) is 11.4 Å². The highest BCUT2D eigenvalue weighted by Gasteiger charge is 2.08. The molecule has 0 spiro atoms. The topological polar surface area (TPSA) is 47.2 Å². The number of halogens is 1. The minimum absolute atomic E-state index is 0.154. The van der Waals surface area contributed by atoms with Gasteiger partial charge in [-0.05, 0) is 0 Å². The Morgan fingerprint density at radius 2 is 2.30 bits per heavy atom. The van der Waals surface area contributed by atoms with Gasteiger partial charge in [-0.3, -0.25) is 0 Å². The van der Waals surface area contributed by atoms with E-state index in [1.165, 1.54) is 19.2 Å². The minimum Gasteiger partial charge on any atom is -0.618 e. The zero-order valence-electron chi connectivity index (χ0n) is 5.34. The van der Waals surface area contributed by atoms with Crippen LogP contribution >= 0.6 is 11.6 Å². The van der Waals surface area contributed by atoms with Crippen molar-refractivity contribution in [1.29, 1.82) is 0 Å². The zero-order chi connectivity index (χ0) is 7.72. The molecule has 0 aromatic carbocycles. The summed E-state index contributed by atoms with van der Waals surface area (Å²) in [6.07, 6.45) is 1.25. The Hall–Kier alpha value is -0.960. The van der Waals surface area contributed by atoms with Crippen molar-refractivity contribution in [2.24, 2.45) is 0 Å². The molecule has 0 aliphatic rings. The van der Waals surface area contributed by atoms with Crippen molar-refractivity contribution >= 4 is 11.6 Å². The van der Waals surface area contributed by atoms with Crippen molar-refractivity contribution in [3.8, 4) is 5.75 Å². The molecule has 0 amide bonds. The van der Waals surface area contributed by atoms with Gasteiger partial charge in [0.25, 0.3) is 0 Å². The number of aromatic hydroxyl groups is 1. The average Bonchev–Trinajstić information content (AvgIpc) is 1.93. The first-order valence-corrected chi connectivity index (χ1v) is 3.08. The maximum Gasteiger partial charge on any atom is 0.233 e. The lowest BCUT2D eigenvalue weighted by Gasteiger charge is -2.01. The summed E-state index contributed by atoms with van der Waals surface area (Å²) in [5.74, 6) is -0.154. The van der Waals surface area contributed by atoms with Gasteiger partial charge in [-0.1, -0.05) is 11.6 Å². The van der Waals surface area contributed by atoms with Gasteiger partial charge < -0.3 is 10.3 Å². The fraction of sp³-hybridized carbons (Fsp3) is 0.167. The van der Waals surface area contributed by atoms with Crippen LogP contribution in [0.5, 0.6) is 5.75 Å². The van der Waals surface area contributed by atoms with Crippen molar-refractivity contribution in [2.75, 3.05) is 0 Å². The molecule has 0 unspecified atom stereocenters. The number of hydrogen-bond acceptors (Lipinski definition) is 2. The van der Waals surface area contributed by atoms with E-state index in [2.05, 4.69) is 0 Å². The van der Waals surface area contributed by atoms with Crippen LogP contribution in [0.3, 0.4) is 0 Å². The van der Waals surface area contributed by atoms with Crippen molar-refractivity contribution in [3.05, 3.63) is 28.2 Å². The second-order valence-corrected chi connectivity index (χ2v) is 2.33. The molecule has 1 rings (SSSR count). The van der Waals surface area contributed by atoms with Crippen LogP contribution in [-0.4, -0.2) is 5.11 Å². The van der Waals surface area contributed by atoms with Crippen LogP contribution < -0.4 is 4.73 Å². The highest BCUT2D eigenvalue weighted by atomic mass is 35.5. The summed E-state index contributed by atoms with van der Waals surface area (Å²) in [7, 11) is 0. The maximum absolute atomic E-state index is 10.7. The van der Waals surface area contributed by atoms with Gasteiger partial charge in [0.1, 0.15) is 0 Å². The summed E-state index contributed by atoms with van der Waals surface area (Å²) < 4.78 is 0.557. The average molecular weight is 160 g/mol. The summed E-state index contributed by atoms with van der Waals surface area (Å²) in [6.45, 7) is 1.49. The number of pyridine rings is 1. The van der Waals surface area contributed by atoms with E-state index in [9.17, 15) is 5.21 Å². The Bertz CT molecular complexity index is 235. The van der Waals surface area contributed by atoms with Crippen LogP contribution in [0.4, 0.5) is 0 Å². The first-order valence-electron chi connectivity index (χ1n) is 2.70. The maximum atomic E-state index is 10.7. The smallest absolute Gasteiger partial charge is 0.233 e. The van der Waals surface area contributed by atoms with E-state index in [1.807, 2.05) is 0 Å². The van der Waals surface area contributed by atoms with Crippen molar-refractivity contribution in [1.82, 2.24) is 0 Å². The molecule has 0 bridgehead atoms. The van der Waals surface area contributed by atoms with Gasteiger partial charge in [-0.15, -0.1) is 0 Å². The molecule has 0 saturated carbocycles. The first kappa shape index (κ1) is 7.15. The summed E-state index contributed by atoms with van der Waals surface area (Å²) in [5.41, 5.74) is 0.215. The van der Waals surface area contributed by atoms with E-state index in [4.69, 9.17) is 16.7 Å². The van der Waals surface area contributed by atoms with E-state index in [0.717, 1.165) is 0 Å². The largest absolute Gasteiger partial charge is 0.618 e. The minimum atomic E-state index is -0.154. The molecule has 1 aromatic heterocycles. The molecule has 3 nitrogen and oxygen atoms in total. The summed E-state index contributed by atoms with van der Waals surface area (Å²) in [6, 6.07) is 1.34. The fourth-order valence-electron chi connectivity index (χ4n) is 0.601. The van der Waals surface area contributed by atoms with Crippen LogP contribution in [-0.2, 0) is 0 Å². The predicted molar refractivity (Wildman–Crippen MR) is 36.8 cm³/mol. The molecule has 4 heteroatoms. The monoisotopic (exact) mass is 159 g/mol. The molecule has 0 saturated heterocycles. The Morgan fingerprint density at radius 1 is 1.70 bits per heavy atom. The number of hydrogen-bond donors (Lipinski definition) is 1. The van der Waals surface area contributed by atoms with Crippen LogP contribution in [0, 0.1) is 12.1 Å². The Balaban J connectivity index is 3.34. The summed E-state index contributed by atoms with van der Waals surface area (Å²) in [4.78, 5) is 0. The van der Waals surface area contributed by atoms with E-state index in [0.29, 0.717) is 4.73 Å². The normalized spacial score (nSPS) is 9.80. The van der Waals surface area contributed by atoms with Gasteiger partial charge in [0, 0.05) is 13.0 Å². The highest BCUT2D eigenvalue weighted by molar-refractivity contribution is 6.31. The van der Waals surface area contributed by atoms with E-state index in [-0.39, 0.29) is 16.5 Å². The molecule has 0 atom stereocenters. The van der Waals surface area contributed by atoms with Crippen LogP contribution in [0.15, 0.2) is 12.3 Å². The van der Waals surface area contributed by atoms with E-state index < -0.39 is 0 Å². The Labute approximate surface area is 63.1 Å². The van der Waals surface area contributed by atoms with Crippen molar-refractivity contribution in [2.45, 2.75) is 6.92 Å². The number of nitrogens with zero attached hydrogens (tertiary/aromatic N) is 1. The van der Waals surface area contributed by atoms with Gasteiger partial charge in [-0.2, -0.15) is 4.73 Å². The molecule has 0 aliphatic heterocycles. The summed E-state index contributed by atoms with van der Waals surface area (Å²) in [5, 5.41) is 19.9. The zero-order valence-corrected chi connectivity index (χ0v) is 6.09. The van der Waals surface area contributed by atoms with E-state index in [1.54, 1.807) is 0 Å². The third kappa shape index (κ3) is 0.998. The quantitative estimate of drug-likeness (QED) is 0.453. The third-order valence-corrected chi connectivity index (χ3v) is 1.56. The molecule has 0 fully saturated rings. The Kier molecular flexibility index (Phi) is 1.68. The van der Waals surface area contributed by atoms with Gasteiger partial charge >= 0.3 is 0 Å². The van der Waals surface area contributed by atoms with Crippen LogP contribution in [0.1, 0.15) is 5.69 Å². The lowest BCUT2D eigenvalue weighted by Crippen LogP contribution is -2.28. The fourth-order valence-corrected chi connectivity index (χ4v) is 0.794. The highest BCUT2D eigenvalue weighted by Crippen LogP contribution is 2.22. The predicted octanol–water partition coefficient (Wildman–Crippen LogP) is 0.987. The van der Waals surface area contributed by atoms with Crippen molar-refractivity contribution < 1.29 is 9.84 Å². The molecule has 1 N–H and O–H groups in total. The Morgan fingerprint density at radius 3 is 2.80 bits per heavy atom. The lowest BCUT2D eigenvalue weighted by atomic mass is 10.3. The van der Waals surface area contributed by atoms with Crippen LogP contribution in [0.25, 0.3) is 0 Å². The molecule has 10 heavy (non-hydrogen) atoms. The first-order chi connectivity index (χ1) is 4.63. The van der Waals surface area contributed by atoms with Crippen LogP contribution in [0.2, 0.25) is 5.02 Å². The number of aromatic nitrogens is 1. The standard InChI is InChI=1S/C6H6ClNO2/c1-4-6(9)5(7)2-3-8(4)10/h2-3,9H,1H3. The van der Waals surface area contributed by atoms with Gasteiger partial charge in [0.15, 0.2) is 6.20 Å². The SMILES string of the molecule is Cc1c(O)c(Cl)cc[n+]1[O-]. The van der Waals surface area contributed by atoms with Gasteiger partial charge in [-0.25, -0.2) is 0 Å². The molecule has 0 aliphatic carbocycles. The van der Waals surface area contributed by atoms with Gasteiger partial charge in [0.05, 0.1) is 5.02 Å². The van der Waals surface area contributed by atoms with Crippen molar-refractivity contribution in [3.63, 3.8) is 0 Å². The second kappa shape index (κ2) is 2.34. The second-order valence-electron chi connectivity index (χ2n) is 1.92. The molecule has 54 valence electrons. The lowest BCUT2D eigenvalue weighted by molar-refractivity contribution is -0.612. The molecule has 1 aromatic rings.